The van der Waals surface area contributed by atoms with Crippen molar-refractivity contribution in [2.75, 3.05) is 6.54 Å². The molecule has 0 unspecified atom stereocenters. The highest BCUT2D eigenvalue weighted by Crippen LogP contribution is 2.29. The highest BCUT2D eigenvalue weighted by atomic mass is 32.1. The summed E-state index contributed by atoms with van der Waals surface area (Å²) in [5.41, 5.74) is 5.11. The number of thiazole rings is 1. The summed E-state index contributed by atoms with van der Waals surface area (Å²) >= 11 is 1.85. The average molecular weight is 314 g/mol. The molecule has 1 aliphatic carbocycles. The molecule has 3 heteroatoms. The van der Waals surface area contributed by atoms with Crippen LogP contribution in [0.25, 0.3) is 11.3 Å². The maximum absolute atomic E-state index is 4.89. The molecule has 1 aromatic heterocycles. The maximum Gasteiger partial charge on any atom is 0.0948 e. The molecule has 1 saturated carbocycles. The van der Waals surface area contributed by atoms with Gasteiger partial charge in [0.05, 0.1) is 10.7 Å². The topological polar surface area (TPSA) is 24.9 Å². The Morgan fingerprint density at radius 1 is 1.14 bits per heavy atom. The number of hydrogen-bond donors (Lipinski definition) is 1. The third-order valence-corrected chi connectivity index (χ3v) is 5.78. The second-order valence-electron chi connectivity index (χ2n) is 6.50. The zero-order valence-electron chi connectivity index (χ0n) is 13.9. The number of nitrogens with zero attached hydrogens (tertiary/aromatic N) is 1. The molecule has 1 aliphatic rings. The van der Waals surface area contributed by atoms with E-state index in [9.17, 15) is 0 Å². The van der Waals surface area contributed by atoms with Crippen LogP contribution < -0.4 is 5.32 Å². The summed E-state index contributed by atoms with van der Waals surface area (Å²) < 4.78 is 0. The smallest absolute Gasteiger partial charge is 0.0948 e. The van der Waals surface area contributed by atoms with Gasteiger partial charge in [-0.2, -0.15) is 0 Å². The van der Waals surface area contributed by atoms with E-state index in [-0.39, 0.29) is 0 Å². The molecule has 1 heterocycles. The normalized spacial score (nSPS) is 15.6. The summed E-state index contributed by atoms with van der Waals surface area (Å²) in [6.07, 6.45) is 6.54. The van der Waals surface area contributed by atoms with E-state index >= 15 is 0 Å². The van der Waals surface area contributed by atoms with Gasteiger partial charge in [0.2, 0.25) is 0 Å². The second kappa shape index (κ2) is 6.93. The van der Waals surface area contributed by atoms with Crippen molar-refractivity contribution in [3.05, 3.63) is 39.2 Å². The molecule has 0 atom stereocenters. The summed E-state index contributed by atoms with van der Waals surface area (Å²) in [5.74, 6) is 0. The summed E-state index contributed by atoms with van der Waals surface area (Å²) in [6.45, 7) is 7.58. The van der Waals surface area contributed by atoms with E-state index in [1.165, 1.54) is 58.0 Å². The fraction of sp³-hybridized carbons (Fsp3) is 0.526. The van der Waals surface area contributed by atoms with Crippen LogP contribution in [0.1, 0.15) is 46.7 Å². The third-order valence-electron chi connectivity index (χ3n) is 4.75. The molecule has 0 amide bonds. The zero-order valence-corrected chi connectivity index (χ0v) is 14.7. The molecule has 0 aliphatic heterocycles. The van der Waals surface area contributed by atoms with Crippen LogP contribution in [0.3, 0.4) is 0 Å². The van der Waals surface area contributed by atoms with E-state index in [4.69, 9.17) is 4.98 Å². The van der Waals surface area contributed by atoms with E-state index < -0.39 is 0 Å². The Morgan fingerprint density at radius 3 is 2.64 bits per heavy atom. The van der Waals surface area contributed by atoms with Crippen molar-refractivity contribution in [3.8, 4) is 11.3 Å². The van der Waals surface area contributed by atoms with Crippen molar-refractivity contribution in [1.82, 2.24) is 10.3 Å². The van der Waals surface area contributed by atoms with E-state index in [1.807, 2.05) is 11.3 Å². The predicted octanol–water partition coefficient (Wildman–Crippen LogP) is 4.81. The van der Waals surface area contributed by atoms with Crippen LogP contribution in [0, 0.1) is 20.8 Å². The van der Waals surface area contributed by atoms with Gasteiger partial charge in [-0.3, -0.25) is 0 Å². The van der Waals surface area contributed by atoms with Crippen molar-refractivity contribution >= 4 is 11.3 Å². The maximum atomic E-state index is 4.89. The molecule has 118 valence electrons. The minimum atomic E-state index is 0.750. The Kier molecular flexibility index (Phi) is 4.94. The number of nitrogens with one attached hydrogen (secondary N) is 1. The molecule has 0 spiro atoms. The van der Waals surface area contributed by atoms with Gasteiger partial charge in [-0.25, -0.2) is 4.98 Å². The average Bonchev–Trinajstić information content (AvgIpc) is 3.12. The molecule has 1 N–H and O–H groups in total. The van der Waals surface area contributed by atoms with E-state index in [0.717, 1.165) is 19.0 Å². The van der Waals surface area contributed by atoms with E-state index in [0.29, 0.717) is 0 Å². The molecule has 22 heavy (non-hydrogen) atoms. The number of aromatic nitrogens is 1. The van der Waals surface area contributed by atoms with Crippen molar-refractivity contribution < 1.29 is 0 Å². The fourth-order valence-corrected chi connectivity index (χ4v) is 4.18. The number of rotatable bonds is 5. The summed E-state index contributed by atoms with van der Waals surface area (Å²) in [4.78, 5) is 6.23. The number of hydrogen-bond acceptors (Lipinski definition) is 3. The fourth-order valence-electron chi connectivity index (χ4n) is 3.23. The van der Waals surface area contributed by atoms with Crippen LogP contribution in [-0.4, -0.2) is 17.6 Å². The molecular formula is C19H26N2S. The number of aryl methyl sites for hydroxylation is 3. The first-order chi connectivity index (χ1) is 10.6. The molecule has 3 rings (SSSR count). The van der Waals surface area contributed by atoms with Gasteiger partial charge in [-0.1, -0.05) is 25.0 Å². The lowest BCUT2D eigenvalue weighted by Gasteiger charge is -2.10. The predicted molar refractivity (Wildman–Crippen MR) is 95.7 cm³/mol. The third kappa shape index (κ3) is 3.58. The van der Waals surface area contributed by atoms with Crippen molar-refractivity contribution in [3.63, 3.8) is 0 Å². The minimum absolute atomic E-state index is 0.750. The Balaban J connectivity index is 1.66. The minimum Gasteiger partial charge on any atom is -0.314 e. The largest absolute Gasteiger partial charge is 0.314 e. The molecule has 2 aromatic rings. The molecule has 2 nitrogen and oxygen atoms in total. The van der Waals surface area contributed by atoms with Gasteiger partial charge in [-0.05, 0) is 50.8 Å². The Hall–Kier alpha value is -1.19. The Morgan fingerprint density at radius 2 is 1.91 bits per heavy atom. The van der Waals surface area contributed by atoms with Crippen LogP contribution in [0.15, 0.2) is 18.2 Å². The van der Waals surface area contributed by atoms with E-state index in [1.54, 1.807) is 0 Å². The van der Waals surface area contributed by atoms with Crippen molar-refractivity contribution in [1.29, 1.82) is 0 Å². The quantitative estimate of drug-likeness (QED) is 0.856. The molecule has 1 aromatic carbocycles. The standard InChI is InChI=1S/C19H26N2S/c1-13-8-9-16(12-14(13)2)19-15(3)22-18(21-19)10-11-20-17-6-4-5-7-17/h8-9,12,17,20H,4-7,10-11H2,1-3H3. The Labute approximate surface area is 138 Å². The van der Waals surface area contributed by atoms with Gasteiger partial charge in [-0.15, -0.1) is 11.3 Å². The first-order valence-electron chi connectivity index (χ1n) is 8.41. The van der Waals surface area contributed by atoms with Crippen LogP contribution in [0.2, 0.25) is 0 Å². The molecule has 0 bridgehead atoms. The Bertz CT molecular complexity index is 639. The van der Waals surface area contributed by atoms with Crippen LogP contribution in [0.4, 0.5) is 0 Å². The van der Waals surface area contributed by atoms with Crippen molar-refractivity contribution in [2.24, 2.45) is 0 Å². The molecule has 1 fully saturated rings. The van der Waals surface area contributed by atoms with Gasteiger partial charge < -0.3 is 5.32 Å². The van der Waals surface area contributed by atoms with E-state index in [2.05, 4.69) is 44.3 Å². The SMILES string of the molecule is Cc1ccc(-c2nc(CCNC3CCCC3)sc2C)cc1C. The first-order valence-corrected chi connectivity index (χ1v) is 9.22. The van der Waals surface area contributed by atoms with Gasteiger partial charge in [0.1, 0.15) is 0 Å². The first kappa shape index (κ1) is 15.7. The highest BCUT2D eigenvalue weighted by Gasteiger charge is 2.15. The van der Waals surface area contributed by atoms with Crippen molar-refractivity contribution in [2.45, 2.75) is 58.9 Å². The summed E-state index contributed by atoms with van der Waals surface area (Å²) in [7, 11) is 0. The molecular weight excluding hydrogens is 288 g/mol. The lowest BCUT2D eigenvalue weighted by Crippen LogP contribution is -2.27. The van der Waals surface area contributed by atoms with Crippen LogP contribution in [0.5, 0.6) is 0 Å². The molecule has 0 radical (unpaired) electrons. The zero-order chi connectivity index (χ0) is 15.5. The number of benzene rings is 1. The van der Waals surface area contributed by atoms with Gasteiger partial charge in [0.25, 0.3) is 0 Å². The van der Waals surface area contributed by atoms with Gasteiger partial charge in [0.15, 0.2) is 0 Å². The molecule has 0 saturated heterocycles. The summed E-state index contributed by atoms with van der Waals surface area (Å²) in [6, 6.07) is 7.41. The van der Waals surface area contributed by atoms with Crippen LogP contribution in [-0.2, 0) is 6.42 Å². The monoisotopic (exact) mass is 314 g/mol. The second-order valence-corrected chi connectivity index (χ2v) is 7.78. The highest BCUT2D eigenvalue weighted by molar-refractivity contribution is 7.12. The summed E-state index contributed by atoms with van der Waals surface area (Å²) in [5, 5.41) is 4.94. The lowest BCUT2D eigenvalue weighted by atomic mass is 10.0. The van der Waals surface area contributed by atoms with Gasteiger partial charge in [0, 0.05) is 29.4 Å². The van der Waals surface area contributed by atoms with Gasteiger partial charge >= 0.3 is 0 Å². The lowest BCUT2D eigenvalue weighted by molar-refractivity contribution is 0.527. The van der Waals surface area contributed by atoms with Crippen LogP contribution >= 0.6 is 11.3 Å².